The summed E-state index contributed by atoms with van der Waals surface area (Å²) in [7, 11) is 0. The maximum absolute atomic E-state index is 10.6. The third-order valence-electron chi connectivity index (χ3n) is 1.78. The molecule has 0 radical (unpaired) electrons. The molecule has 70 valence electrons. The van der Waals surface area contributed by atoms with Gasteiger partial charge in [0.05, 0.1) is 6.26 Å². The SMILES string of the molecule is O=C(O)c1cc(-c2ccco2)ccn1. The number of aromatic nitrogens is 1. The molecular weight excluding hydrogens is 182 g/mol. The zero-order chi connectivity index (χ0) is 9.97. The monoisotopic (exact) mass is 189 g/mol. The summed E-state index contributed by atoms with van der Waals surface area (Å²) in [4.78, 5) is 14.3. The molecule has 0 fully saturated rings. The van der Waals surface area contributed by atoms with Crippen LogP contribution in [-0.4, -0.2) is 16.1 Å². The molecule has 0 atom stereocenters. The Hall–Kier alpha value is -2.10. The van der Waals surface area contributed by atoms with Gasteiger partial charge in [0.15, 0.2) is 0 Å². The van der Waals surface area contributed by atoms with E-state index < -0.39 is 5.97 Å². The van der Waals surface area contributed by atoms with Gasteiger partial charge >= 0.3 is 5.97 Å². The van der Waals surface area contributed by atoms with E-state index in [1.165, 1.54) is 18.5 Å². The topological polar surface area (TPSA) is 63.3 Å². The Kier molecular flexibility index (Phi) is 2.02. The fourth-order valence-electron chi connectivity index (χ4n) is 1.14. The van der Waals surface area contributed by atoms with Gasteiger partial charge in [0.2, 0.25) is 0 Å². The van der Waals surface area contributed by atoms with Crippen molar-refractivity contribution >= 4 is 5.97 Å². The average Bonchev–Trinajstić information content (AvgIpc) is 2.71. The van der Waals surface area contributed by atoms with Gasteiger partial charge in [-0.05, 0) is 24.3 Å². The van der Waals surface area contributed by atoms with Gasteiger partial charge in [-0.3, -0.25) is 0 Å². The summed E-state index contributed by atoms with van der Waals surface area (Å²) in [5.41, 5.74) is 0.723. The lowest BCUT2D eigenvalue weighted by Crippen LogP contribution is -1.99. The maximum atomic E-state index is 10.6. The number of carboxylic acids is 1. The molecule has 4 nitrogen and oxygen atoms in total. The van der Waals surface area contributed by atoms with Crippen LogP contribution >= 0.6 is 0 Å². The highest BCUT2D eigenvalue weighted by Gasteiger charge is 2.07. The standard InChI is InChI=1S/C10H7NO3/c12-10(13)8-6-7(3-4-11-8)9-2-1-5-14-9/h1-6H,(H,12,13). The Morgan fingerprint density at radius 1 is 1.43 bits per heavy atom. The molecule has 4 heteroatoms. The van der Waals surface area contributed by atoms with Crippen LogP contribution in [0, 0.1) is 0 Å². The van der Waals surface area contributed by atoms with Crippen LogP contribution in [0.1, 0.15) is 10.5 Å². The lowest BCUT2D eigenvalue weighted by atomic mass is 10.2. The zero-order valence-corrected chi connectivity index (χ0v) is 7.18. The van der Waals surface area contributed by atoms with Gasteiger partial charge in [0.25, 0.3) is 0 Å². The third kappa shape index (κ3) is 1.50. The number of hydrogen-bond acceptors (Lipinski definition) is 3. The highest BCUT2D eigenvalue weighted by molar-refractivity contribution is 5.86. The van der Waals surface area contributed by atoms with Crippen molar-refractivity contribution in [2.45, 2.75) is 0 Å². The van der Waals surface area contributed by atoms with Gasteiger partial charge in [-0.1, -0.05) is 0 Å². The van der Waals surface area contributed by atoms with Crippen LogP contribution in [0.15, 0.2) is 41.1 Å². The Labute approximate surface area is 79.8 Å². The molecule has 14 heavy (non-hydrogen) atoms. The maximum Gasteiger partial charge on any atom is 0.354 e. The van der Waals surface area contributed by atoms with E-state index in [0.717, 1.165) is 0 Å². The highest BCUT2D eigenvalue weighted by Crippen LogP contribution is 2.19. The summed E-state index contributed by atoms with van der Waals surface area (Å²) in [5, 5.41) is 8.71. The summed E-state index contributed by atoms with van der Waals surface area (Å²) in [5.74, 6) is -0.409. The van der Waals surface area contributed by atoms with Crippen molar-refractivity contribution < 1.29 is 14.3 Å². The molecular formula is C10H7NO3. The van der Waals surface area contributed by atoms with Crippen molar-refractivity contribution in [2.24, 2.45) is 0 Å². The lowest BCUT2D eigenvalue weighted by Gasteiger charge is -1.97. The van der Waals surface area contributed by atoms with Crippen LogP contribution in [0.2, 0.25) is 0 Å². The minimum absolute atomic E-state index is 0.0129. The van der Waals surface area contributed by atoms with Crippen molar-refractivity contribution in [3.05, 3.63) is 42.4 Å². The smallest absolute Gasteiger partial charge is 0.354 e. The quantitative estimate of drug-likeness (QED) is 0.785. The van der Waals surface area contributed by atoms with Crippen molar-refractivity contribution in [1.82, 2.24) is 4.98 Å². The van der Waals surface area contributed by atoms with E-state index in [2.05, 4.69) is 4.98 Å². The van der Waals surface area contributed by atoms with E-state index in [9.17, 15) is 4.79 Å². The molecule has 0 saturated heterocycles. The van der Waals surface area contributed by atoms with Gasteiger partial charge in [0.1, 0.15) is 11.5 Å². The van der Waals surface area contributed by atoms with E-state index in [1.54, 1.807) is 18.2 Å². The summed E-state index contributed by atoms with van der Waals surface area (Å²) >= 11 is 0. The Morgan fingerprint density at radius 3 is 2.93 bits per heavy atom. The molecule has 0 unspecified atom stereocenters. The molecule has 0 aliphatic carbocycles. The van der Waals surface area contributed by atoms with E-state index in [1.807, 2.05) is 0 Å². The van der Waals surface area contributed by atoms with Crippen LogP contribution in [-0.2, 0) is 0 Å². The molecule has 2 aromatic rings. The molecule has 0 aromatic carbocycles. The Morgan fingerprint density at radius 2 is 2.29 bits per heavy atom. The van der Waals surface area contributed by atoms with Crippen molar-refractivity contribution in [2.75, 3.05) is 0 Å². The highest BCUT2D eigenvalue weighted by atomic mass is 16.4. The van der Waals surface area contributed by atoms with Gasteiger partial charge < -0.3 is 9.52 Å². The second-order valence-electron chi connectivity index (χ2n) is 2.71. The number of rotatable bonds is 2. The first-order valence-corrected chi connectivity index (χ1v) is 4.00. The number of nitrogens with zero attached hydrogens (tertiary/aromatic N) is 1. The number of pyridine rings is 1. The Balaban J connectivity index is 2.46. The predicted molar refractivity (Wildman–Crippen MR) is 48.9 cm³/mol. The zero-order valence-electron chi connectivity index (χ0n) is 7.18. The number of hydrogen-bond donors (Lipinski definition) is 1. The average molecular weight is 189 g/mol. The minimum atomic E-state index is -1.04. The van der Waals surface area contributed by atoms with Crippen LogP contribution in [0.3, 0.4) is 0 Å². The van der Waals surface area contributed by atoms with E-state index >= 15 is 0 Å². The predicted octanol–water partition coefficient (Wildman–Crippen LogP) is 2.04. The summed E-state index contributed by atoms with van der Waals surface area (Å²) in [6.45, 7) is 0. The largest absolute Gasteiger partial charge is 0.477 e. The number of carboxylic acid groups (broad SMARTS) is 1. The Bertz CT molecular complexity index is 448. The second-order valence-corrected chi connectivity index (χ2v) is 2.71. The van der Waals surface area contributed by atoms with Gasteiger partial charge in [0, 0.05) is 11.8 Å². The van der Waals surface area contributed by atoms with Crippen molar-refractivity contribution in [3.8, 4) is 11.3 Å². The number of furan rings is 1. The lowest BCUT2D eigenvalue weighted by molar-refractivity contribution is 0.0690. The van der Waals surface area contributed by atoms with Crippen LogP contribution in [0.4, 0.5) is 0 Å². The van der Waals surface area contributed by atoms with E-state index in [0.29, 0.717) is 11.3 Å². The molecule has 0 amide bonds. The minimum Gasteiger partial charge on any atom is -0.477 e. The molecule has 0 spiro atoms. The van der Waals surface area contributed by atoms with Crippen LogP contribution in [0.25, 0.3) is 11.3 Å². The molecule has 2 rings (SSSR count). The van der Waals surface area contributed by atoms with Crippen LogP contribution < -0.4 is 0 Å². The third-order valence-corrected chi connectivity index (χ3v) is 1.78. The first-order chi connectivity index (χ1) is 6.77. The second kappa shape index (κ2) is 3.33. The molecule has 0 bridgehead atoms. The number of carbonyl (C=O) groups is 1. The summed E-state index contributed by atoms with van der Waals surface area (Å²) in [6.07, 6.45) is 2.98. The van der Waals surface area contributed by atoms with Gasteiger partial charge in [-0.15, -0.1) is 0 Å². The molecule has 2 aromatic heterocycles. The molecule has 1 N–H and O–H groups in total. The molecule has 0 saturated carbocycles. The molecule has 0 aliphatic rings. The fraction of sp³-hybridized carbons (Fsp3) is 0. The van der Waals surface area contributed by atoms with Gasteiger partial charge in [-0.2, -0.15) is 0 Å². The van der Waals surface area contributed by atoms with Crippen molar-refractivity contribution in [3.63, 3.8) is 0 Å². The first-order valence-electron chi connectivity index (χ1n) is 4.00. The number of aromatic carboxylic acids is 1. The molecule has 0 aliphatic heterocycles. The van der Waals surface area contributed by atoms with E-state index in [4.69, 9.17) is 9.52 Å². The van der Waals surface area contributed by atoms with Crippen molar-refractivity contribution in [1.29, 1.82) is 0 Å². The van der Waals surface area contributed by atoms with Gasteiger partial charge in [-0.25, -0.2) is 9.78 Å². The van der Waals surface area contributed by atoms with E-state index in [-0.39, 0.29) is 5.69 Å². The normalized spacial score (nSPS) is 10.0. The fourth-order valence-corrected chi connectivity index (χ4v) is 1.14. The summed E-state index contributed by atoms with van der Waals surface area (Å²) < 4.78 is 5.13. The van der Waals surface area contributed by atoms with Crippen LogP contribution in [0.5, 0.6) is 0 Å². The first kappa shape index (κ1) is 8.50. The molecule has 2 heterocycles. The summed E-state index contributed by atoms with van der Waals surface area (Å²) in [6, 6.07) is 6.68.